The number of ether oxygens (including phenoxy) is 1. The monoisotopic (exact) mass is 244 g/mol. The number of hydrogen-bond acceptors (Lipinski definition) is 2. The van der Waals surface area contributed by atoms with E-state index in [4.69, 9.17) is 4.74 Å². The van der Waals surface area contributed by atoms with E-state index in [0.29, 0.717) is 12.8 Å². The molecule has 1 aliphatic rings. The lowest BCUT2D eigenvalue weighted by molar-refractivity contribution is -0.137. The number of rotatable bonds is 2. The van der Waals surface area contributed by atoms with Gasteiger partial charge in [-0.2, -0.15) is 13.2 Å². The minimum absolute atomic E-state index is 0.0991. The van der Waals surface area contributed by atoms with Gasteiger partial charge in [0, 0.05) is 12.8 Å². The topological polar surface area (TPSA) is 26.3 Å². The lowest BCUT2D eigenvalue weighted by atomic mass is 10.2. The summed E-state index contributed by atoms with van der Waals surface area (Å²) in [7, 11) is 0. The Bertz CT molecular complexity index is 426. The van der Waals surface area contributed by atoms with Crippen molar-refractivity contribution in [2.75, 3.05) is 0 Å². The van der Waals surface area contributed by atoms with Gasteiger partial charge in [0.2, 0.25) is 0 Å². The van der Waals surface area contributed by atoms with Gasteiger partial charge >= 0.3 is 6.18 Å². The Labute approximate surface area is 96.4 Å². The molecule has 0 aliphatic heterocycles. The van der Waals surface area contributed by atoms with Crippen LogP contribution in [0.4, 0.5) is 13.2 Å². The minimum atomic E-state index is -4.37. The second-order valence-corrected chi connectivity index (χ2v) is 4.05. The van der Waals surface area contributed by atoms with Crippen LogP contribution in [0.15, 0.2) is 24.3 Å². The van der Waals surface area contributed by atoms with Gasteiger partial charge in [-0.25, -0.2) is 0 Å². The average molecular weight is 244 g/mol. The lowest BCUT2D eigenvalue weighted by Gasteiger charge is -2.14. The summed E-state index contributed by atoms with van der Waals surface area (Å²) in [5.74, 6) is 0.265. The van der Waals surface area contributed by atoms with Crippen molar-refractivity contribution in [2.45, 2.75) is 31.5 Å². The predicted octanol–water partition coefficient (Wildman–Crippen LogP) is 3.21. The molecular weight excluding hydrogens is 233 g/mol. The third kappa shape index (κ3) is 2.99. The first-order valence-electron chi connectivity index (χ1n) is 5.31. The average Bonchev–Trinajstić information content (AvgIpc) is 2.63. The molecule has 0 spiro atoms. The number of hydrogen-bond donors (Lipinski definition) is 0. The second-order valence-electron chi connectivity index (χ2n) is 4.05. The van der Waals surface area contributed by atoms with Crippen LogP contribution in [-0.2, 0) is 11.0 Å². The molecule has 1 unspecified atom stereocenters. The van der Waals surface area contributed by atoms with Gasteiger partial charge in [0.1, 0.15) is 17.6 Å². The summed E-state index contributed by atoms with van der Waals surface area (Å²) in [6.07, 6.45) is -3.34. The molecular formula is C12H11F3O2. The second kappa shape index (κ2) is 4.39. The van der Waals surface area contributed by atoms with Crippen LogP contribution in [0.3, 0.4) is 0 Å². The first-order chi connectivity index (χ1) is 7.95. The van der Waals surface area contributed by atoms with E-state index in [1.54, 1.807) is 0 Å². The maximum atomic E-state index is 12.4. The largest absolute Gasteiger partial charge is 0.490 e. The van der Waals surface area contributed by atoms with E-state index in [1.165, 1.54) is 12.1 Å². The molecule has 0 N–H and O–H groups in total. The molecule has 1 atom stereocenters. The Morgan fingerprint density at radius 2 is 2.06 bits per heavy atom. The number of carbonyl (C=O) groups excluding carboxylic acids is 1. The SMILES string of the molecule is O=C1CCC(Oc2cccc(C(F)(F)F)c2)C1. The van der Waals surface area contributed by atoms with Gasteiger partial charge < -0.3 is 4.74 Å². The highest BCUT2D eigenvalue weighted by molar-refractivity contribution is 5.81. The Hall–Kier alpha value is -1.52. The van der Waals surface area contributed by atoms with Gasteiger partial charge in [-0.15, -0.1) is 0 Å². The van der Waals surface area contributed by atoms with Gasteiger partial charge in [0.05, 0.1) is 5.56 Å². The predicted molar refractivity (Wildman–Crippen MR) is 54.7 cm³/mol. The van der Waals surface area contributed by atoms with Gasteiger partial charge in [0.15, 0.2) is 0 Å². The van der Waals surface area contributed by atoms with Crippen molar-refractivity contribution in [3.63, 3.8) is 0 Å². The molecule has 0 bridgehead atoms. The van der Waals surface area contributed by atoms with Crippen molar-refractivity contribution >= 4 is 5.78 Å². The third-order valence-corrected chi connectivity index (χ3v) is 2.66. The molecule has 1 fully saturated rings. The first-order valence-corrected chi connectivity index (χ1v) is 5.31. The molecule has 0 heterocycles. The number of benzene rings is 1. The quantitative estimate of drug-likeness (QED) is 0.798. The van der Waals surface area contributed by atoms with Gasteiger partial charge in [-0.05, 0) is 24.6 Å². The van der Waals surface area contributed by atoms with Crippen LogP contribution in [0, 0.1) is 0 Å². The summed E-state index contributed by atoms with van der Waals surface area (Å²) in [5, 5.41) is 0. The number of alkyl halides is 3. The van der Waals surface area contributed by atoms with Crippen molar-refractivity contribution in [1.29, 1.82) is 0 Å². The van der Waals surface area contributed by atoms with Crippen LogP contribution in [0.25, 0.3) is 0 Å². The summed E-state index contributed by atoms with van der Waals surface area (Å²) in [6.45, 7) is 0. The molecule has 2 nitrogen and oxygen atoms in total. The summed E-state index contributed by atoms with van der Waals surface area (Å²) in [4.78, 5) is 11.0. The van der Waals surface area contributed by atoms with Gasteiger partial charge in [-0.1, -0.05) is 6.07 Å². The fourth-order valence-corrected chi connectivity index (χ4v) is 1.82. The number of Topliss-reactive ketones (excluding diaryl/α,β-unsaturated/α-hetero) is 1. The van der Waals surface area contributed by atoms with Crippen LogP contribution in [0.5, 0.6) is 5.75 Å². The molecule has 1 aliphatic carbocycles. The number of carbonyl (C=O) groups is 1. The fraction of sp³-hybridized carbons (Fsp3) is 0.417. The highest BCUT2D eigenvalue weighted by Crippen LogP contribution is 2.32. The summed E-state index contributed by atoms with van der Waals surface area (Å²) < 4.78 is 42.7. The van der Waals surface area contributed by atoms with Crippen molar-refractivity contribution in [1.82, 2.24) is 0 Å². The van der Waals surface area contributed by atoms with Crippen molar-refractivity contribution in [3.8, 4) is 5.75 Å². The highest BCUT2D eigenvalue weighted by atomic mass is 19.4. The van der Waals surface area contributed by atoms with Crippen molar-refractivity contribution in [3.05, 3.63) is 29.8 Å². The van der Waals surface area contributed by atoms with Crippen LogP contribution in [-0.4, -0.2) is 11.9 Å². The minimum Gasteiger partial charge on any atom is -0.490 e. The normalized spacial score (nSPS) is 20.6. The molecule has 1 saturated carbocycles. The van der Waals surface area contributed by atoms with Gasteiger partial charge in [0.25, 0.3) is 0 Å². The van der Waals surface area contributed by atoms with Crippen molar-refractivity contribution < 1.29 is 22.7 Å². The Morgan fingerprint density at radius 3 is 2.65 bits per heavy atom. The van der Waals surface area contributed by atoms with Crippen molar-refractivity contribution in [2.24, 2.45) is 0 Å². The molecule has 1 aromatic carbocycles. The van der Waals surface area contributed by atoms with Crippen LogP contribution >= 0.6 is 0 Å². The Morgan fingerprint density at radius 1 is 1.29 bits per heavy atom. The van der Waals surface area contributed by atoms with Crippen LogP contribution < -0.4 is 4.74 Å². The van der Waals surface area contributed by atoms with Crippen LogP contribution in [0.1, 0.15) is 24.8 Å². The van der Waals surface area contributed by atoms with E-state index >= 15 is 0 Å². The van der Waals surface area contributed by atoms with E-state index < -0.39 is 11.7 Å². The van der Waals surface area contributed by atoms with E-state index in [9.17, 15) is 18.0 Å². The lowest BCUT2D eigenvalue weighted by Crippen LogP contribution is -2.13. The zero-order valence-corrected chi connectivity index (χ0v) is 8.96. The summed E-state index contributed by atoms with van der Waals surface area (Å²) in [6, 6.07) is 4.72. The van der Waals surface area contributed by atoms with E-state index in [-0.39, 0.29) is 24.1 Å². The summed E-state index contributed by atoms with van der Waals surface area (Å²) >= 11 is 0. The van der Waals surface area contributed by atoms with Gasteiger partial charge in [-0.3, -0.25) is 4.79 Å². The smallest absolute Gasteiger partial charge is 0.416 e. The molecule has 0 radical (unpaired) electrons. The molecule has 17 heavy (non-hydrogen) atoms. The molecule has 0 aromatic heterocycles. The molecule has 0 amide bonds. The Kier molecular flexibility index (Phi) is 3.09. The maximum Gasteiger partial charge on any atom is 0.416 e. The van der Waals surface area contributed by atoms with Crippen LogP contribution in [0.2, 0.25) is 0 Å². The van der Waals surface area contributed by atoms with E-state index in [2.05, 4.69) is 0 Å². The molecule has 1 aromatic rings. The zero-order chi connectivity index (χ0) is 12.5. The van der Waals surface area contributed by atoms with E-state index in [0.717, 1.165) is 12.1 Å². The standard InChI is InChI=1S/C12H11F3O2/c13-12(14,15)8-2-1-3-10(6-8)17-11-5-4-9(16)7-11/h1-3,6,11H,4-5,7H2. The maximum absolute atomic E-state index is 12.4. The molecule has 92 valence electrons. The number of halogens is 3. The third-order valence-electron chi connectivity index (χ3n) is 2.66. The molecule has 0 saturated heterocycles. The highest BCUT2D eigenvalue weighted by Gasteiger charge is 2.31. The first kappa shape index (κ1) is 12.0. The van der Waals surface area contributed by atoms with E-state index in [1.807, 2.05) is 0 Å². The summed E-state index contributed by atoms with van der Waals surface area (Å²) in [5.41, 5.74) is -0.737. The molecule has 2 rings (SSSR count). The Balaban J connectivity index is 2.09. The fourth-order valence-electron chi connectivity index (χ4n) is 1.82. The number of ketones is 1. The zero-order valence-electron chi connectivity index (χ0n) is 8.96. The molecule has 5 heteroatoms.